The number of carbonyl (C=O) groups excluding carboxylic acids is 1. The van der Waals surface area contributed by atoms with Crippen LogP contribution in [0.25, 0.3) is 0 Å². The molecule has 0 saturated carbocycles. The maximum atomic E-state index is 13.0. The van der Waals surface area contributed by atoms with Gasteiger partial charge in [0.15, 0.2) is 0 Å². The third-order valence-electron chi connectivity index (χ3n) is 3.31. The van der Waals surface area contributed by atoms with Crippen LogP contribution in [0.4, 0.5) is 18.9 Å². The Labute approximate surface area is 164 Å². The summed E-state index contributed by atoms with van der Waals surface area (Å²) in [7, 11) is 1.48. The SMILES string of the molecule is COCCOc1ccc(C(F)(F)F)cc1NC(=O)CSc1ccc(Cl)cc1. The van der Waals surface area contributed by atoms with Crippen molar-refractivity contribution in [3.63, 3.8) is 0 Å². The Hall–Kier alpha value is -1.90. The molecule has 2 aromatic rings. The number of hydrogen-bond donors (Lipinski definition) is 1. The molecule has 0 fully saturated rings. The van der Waals surface area contributed by atoms with E-state index in [0.29, 0.717) is 5.02 Å². The number of ether oxygens (including phenoxy) is 2. The standard InChI is InChI=1S/C18H17ClF3NO3S/c1-25-8-9-26-16-7-2-12(18(20,21)22)10-15(16)23-17(24)11-27-14-5-3-13(19)4-6-14/h2-7,10H,8-9,11H2,1H3,(H,23,24). The maximum Gasteiger partial charge on any atom is 0.416 e. The van der Waals surface area contributed by atoms with Gasteiger partial charge in [0.25, 0.3) is 0 Å². The number of nitrogens with one attached hydrogen (secondary N) is 1. The van der Waals surface area contributed by atoms with Gasteiger partial charge in [0.05, 0.1) is 23.6 Å². The molecule has 0 bridgehead atoms. The monoisotopic (exact) mass is 419 g/mol. The quantitative estimate of drug-likeness (QED) is 0.477. The van der Waals surface area contributed by atoms with Crippen molar-refractivity contribution in [2.75, 3.05) is 31.4 Å². The molecule has 1 amide bonds. The number of anilines is 1. The fourth-order valence-corrected chi connectivity index (χ4v) is 2.86. The lowest BCUT2D eigenvalue weighted by atomic mass is 10.1. The molecule has 0 spiro atoms. The van der Waals surface area contributed by atoms with E-state index in [4.69, 9.17) is 21.1 Å². The summed E-state index contributed by atoms with van der Waals surface area (Å²) >= 11 is 7.04. The molecule has 146 valence electrons. The number of halogens is 4. The highest BCUT2D eigenvalue weighted by molar-refractivity contribution is 8.00. The first-order chi connectivity index (χ1) is 12.8. The molecule has 27 heavy (non-hydrogen) atoms. The number of hydrogen-bond acceptors (Lipinski definition) is 4. The number of thioether (sulfide) groups is 1. The molecule has 0 heterocycles. The van der Waals surface area contributed by atoms with E-state index >= 15 is 0 Å². The van der Waals surface area contributed by atoms with Gasteiger partial charge in [-0.25, -0.2) is 0 Å². The summed E-state index contributed by atoms with van der Waals surface area (Å²) in [4.78, 5) is 13.0. The van der Waals surface area contributed by atoms with Gasteiger partial charge in [0, 0.05) is 17.0 Å². The number of methoxy groups -OCH3 is 1. The number of carbonyl (C=O) groups is 1. The molecule has 2 rings (SSSR count). The van der Waals surface area contributed by atoms with Crippen molar-refractivity contribution in [3.8, 4) is 5.75 Å². The highest BCUT2D eigenvalue weighted by Gasteiger charge is 2.31. The fraction of sp³-hybridized carbons (Fsp3) is 0.278. The van der Waals surface area contributed by atoms with Gasteiger partial charge in [-0.05, 0) is 42.5 Å². The van der Waals surface area contributed by atoms with Crippen LogP contribution >= 0.6 is 23.4 Å². The second kappa shape index (κ2) is 9.87. The molecule has 0 saturated heterocycles. The predicted molar refractivity (Wildman–Crippen MR) is 99.6 cm³/mol. The van der Waals surface area contributed by atoms with Crippen LogP contribution in [0, 0.1) is 0 Å². The zero-order valence-corrected chi connectivity index (χ0v) is 15.9. The summed E-state index contributed by atoms with van der Waals surface area (Å²) in [5, 5.41) is 3.05. The average Bonchev–Trinajstić information content (AvgIpc) is 2.62. The van der Waals surface area contributed by atoms with E-state index in [-0.39, 0.29) is 30.4 Å². The number of rotatable bonds is 8. The van der Waals surface area contributed by atoms with E-state index in [0.717, 1.165) is 17.0 Å². The second-order valence-electron chi connectivity index (χ2n) is 5.34. The number of alkyl halides is 3. The minimum absolute atomic E-state index is 0.0232. The van der Waals surface area contributed by atoms with Crippen molar-refractivity contribution in [2.24, 2.45) is 0 Å². The van der Waals surface area contributed by atoms with Crippen molar-refractivity contribution in [2.45, 2.75) is 11.1 Å². The van der Waals surface area contributed by atoms with Crippen LogP contribution in [0.3, 0.4) is 0 Å². The highest BCUT2D eigenvalue weighted by atomic mass is 35.5. The first-order valence-corrected chi connectivity index (χ1v) is 9.17. The molecule has 0 unspecified atom stereocenters. The molecule has 2 aromatic carbocycles. The lowest BCUT2D eigenvalue weighted by molar-refractivity contribution is -0.137. The minimum Gasteiger partial charge on any atom is -0.489 e. The molecule has 9 heteroatoms. The van der Waals surface area contributed by atoms with E-state index in [1.165, 1.54) is 24.9 Å². The molecule has 0 aliphatic carbocycles. The van der Waals surface area contributed by atoms with Crippen LogP contribution in [0.1, 0.15) is 5.56 Å². The molecule has 0 aromatic heterocycles. The Bertz CT molecular complexity index is 769. The Kier molecular flexibility index (Phi) is 7.82. The van der Waals surface area contributed by atoms with Crippen molar-refractivity contribution in [3.05, 3.63) is 53.1 Å². The van der Waals surface area contributed by atoms with Gasteiger partial charge in [-0.1, -0.05) is 11.6 Å². The van der Waals surface area contributed by atoms with Crippen LogP contribution in [-0.2, 0) is 15.7 Å². The van der Waals surface area contributed by atoms with Crippen LogP contribution in [-0.4, -0.2) is 32.0 Å². The zero-order chi connectivity index (χ0) is 19.9. The fourth-order valence-electron chi connectivity index (χ4n) is 2.03. The van der Waals surface area contributed by atoms with Gasteiger partial charge in [-0.2, -0.15) is 13.2 Å². The summed E-state index contributed by atoms with van der Waals surface area (Å²) in [6.45, 7) is 0.408. The topological polar surface area (TPSA) is 47.6 Å². The van der Waals surface area contributed by atoms with Crippen LogP contribution in [0.2, 0.25) is 5.02 Å². The smallest absolute Gasteiger partial charge is 0.416 e. The molecule has 0 radical (unpaired) electrons. The normalized spacial score (nSPS) is 11.3. The third kappa shape index (κ3) is 6.97. The summed E-state index contributed by atoms with van der Waals surface area (Å²) in [5.74, 6) is -0.286. The van der Waals surface area contributed by atoms with Gasteiger partial charge in [0.1, 0.15) is 12.4 Å². The van der Waals surface area contributed by atoms with Crippen LogP contribution < -0.4 is 10.1 Å². The summed E-state index contributed by atoms with van der Waals surface area (Å²) < 4.78 is 49.1. The van der Waals surface area contributed by atoms with Gasteiger partial charge in [-0.3, -0.25) is 4.79 Å². The Balaban J connectivity index is 2.08. The predicted octanol–water partition coefficient (Wildman–Crippen LogP) is 5.11. The molecule has 4 nitrogen and oxygen atoms in total. The van der Waals surface area contributed by atoms with Crippen LogP contribution in [0.15, 0.2) is 47.4 Å². The van der Waals surface area contributed by atoms with E-state index in [1.807, 2.05) is 0 Å². The largest absolute Gasteiger partial charge is 0.489 e. The molecule has 0 aliphatic rings. The van der Waals surface area contributed by atoms with Gasteiger partial charge in [0.2, 0.25) is 5.91 Å². The molecule has 0 atom stereocenters. The second-order valence-corrected chi connectivity index (χ2v) is 6.83. The molecule has 0 aliphatic heterocycles. The number of benzene rings is 2. The lowest BCUT2D eigenvalue weighted by Gasteiger charge is -2.15. The van der Waals surface area contributed by atoms with Crippen molar-refractivity contribution in [1.82, 2.24) is 0 Å². The van der Waals surface area contributed by atoms with Gasteiger partial charge >= 0.3 is 6.18 Å². The van der Waals surface area contributed by atoms with E-state index in [1.54, 1.807) is 24.3 Å². The highest BCUT2D eigenvalue weighted by Crippen LogP contribution is 2.35. The molecular formula is C18H17ClF3NO3S. The van der Waals surface area contributed by atoms with Crippen molar-refractivity contribution in [1.29, 1.82) is 0 Å². The summed E-state index contributed by atoms with van der Waals surface area (Å²) in [6.07, 6.45) is -4.53. The number of amides is 1. The first-order valence-electron chi connectivity index (χ1n) is 7.81. The van der Waals surface area contributed by atoms with Gasteiger partial charge in [-0.15, -0.1) is 11.8 Å². The maximum absolute atomic E-state index is 13.0. The minimum atomic E-state index is -4.53. The van der Waals surface area contributed by atoms with E-state index in [9.17, 15) is 18.0 Å². The summed E-state index contributed by atoms with van der Waals surface area (Å²) in [6, 6.07) is 9.83. The third-order valence-corrected chi connectivity index (χ3v) is 4.57. The summed E-state index contributed by atoms with van der Waals surface area (Å²) in [5.41, 5.74) is -0.912. The Morgan fingerprint density at radius 3 is 2.48 bits per heavy atom. The molecular weight excluding hydrogens is 403 g/mol. The Morgan fingerprint density at radius 1 is 1.15 bits per heavy atom. The Morgan fingerprint density at radius 2 is 1.85 bits per heavy atom. The van der Waals surface area contributed by atoms with Crippen molar-refractivity contribution >= 4 is 35.0 Å². The lowest BCUT2D eigenvalue weighted by Crippen LogP contribution is -2.16. The van der Waals surface area contributed by atoms with E-state index < -0.39 is 17.6 Å². The average molecular weight is 420 g/mol. The van der Waals surface area contributed by atoms with Gasteiger partial charge < -0.3 is 14.8 Å². The zero-order valence-electron chi connectivity index (χ0n) is 14.3. The van der Waals surface area contributed by atoms with E-state index in [2.05, 4.69) is 5.32 Å². The van der Waals surface area contributed by atoms with Crippen LogP contribution in [0.5, 0.6) is 5.75 Å². The van der Waals surface area contributed by atoms with Crippen molar-refractivity contribution < 1.29 is 27.4 Å². The first kappa shape index (κ1) is 21.4. The molecule has 1 N–H and O–H groups in total.